The van der Waals surface area contributed by atoms with Crippen molar-refractivity contribution >= 4 is 5.69 Å². The van der Waals surface area contributed by atoms with Gasteiger partial charge in [0.25, 0.3) is 0 Å². The lowest BCUT2D eigenvalue weighted by atomic mass is 10.1. The van der Waals surface area contributed by atoms with E-state index in [1.165, 1.54) is 0 Å². The Kier molecular flexibility index (Phi) is 2.86. The number of nitrogen functional groups attached to an aromatic ring is 1. The van der Waals surface area contributed by atoms with Gasteiger partial charge < -0.3 is 10.8 Å². The molecule has 1 unspecified atom stereocenters. The molecule has 3 nitrogen and oxygen atoms in total. The lowest BCUT2D eigenvalue weighted by Crippen LogP contribution is -2.29. The van der Waals surface area contributed by atoms with Gasteiger partial charge in [-0.2, -0.15) is 0 Å². The molecule has 1 aliphatic heterocycles. The maximum Gasteiger partial charge on any atom is 0.150 e. The van der Waals surface area contributed by atoms with Gasteiger partial charge in [-0.25, -0.2) is 4.39 Å². The Hall–Kier alpha value is -1.13. The molecular formula is C12H17FN2O. The molecular weight excluding hydrogens is 207 g/mol. The van der Waals surface area contributed by atoms with Crippen LogP contribution >= 0.6 is 0 Å². The van der Waals surface area contributed by atoms with Crippen LogP contribution in [-0.4, -0.2) is 28.7 Å². The Bertz CT molecular complexity index is 393. The van der Waals surface area contributed by atoms with E-state index in [1.807, 2.05) is 11.8 Å². The predicted octanol–water partition coefficient (Wildman–Crippen LogP) is 1.36. The van der Waals surface area contributed by atoms with Gasteiger partial charge >= 0.3 is 0 Å². The van der Waals surface area contributed by atoms with Crippen LogP contribution in [0.15, 0.2) is 18.2 Å². The van der Waals surface area contributed by atoms with Crippen LogP contribution in [-0.2, 0) is 6.54 Å². The molecule has 1 aromatic rings. The monoisotopic (exact) mass is 224 g/mol. The highest BCUT2D eigenvalue weighted by Gasteiger charge is 2.31. The van der Waals surface area contributed by atoms with Crippen LogP contribution in [0.2, 0.25) is 0 Å². The van der Waals surface area contributed by atoms with Gasteiger partial charge in [-0.15, -0.1) is 0 Å². The number of rotatable bonds is 2. The highest BCUT2D eigenvalue weighted by molar-refractivity contribution is 5.42. The smallest absolute Gasteiger partial charge is 0.150 e. The van der Waals surface area contributed by atoms with Crippen LogP contribution in [0.1, 0.15) is 18.9 Å². The first-order valence-electron chi connectivity index (χ1n) is 5.45. The quantitative estimate of drug-likeness (QED) is 0.746. The lowest BCUT2D eigenvalue weighted by Gasteiger charge is -2.19. The minimum atomic E-state index is -0.642. The third kappa shape index (κ3) is 2.33. The third-order valence-electron chi connectivity index (χ3n) is 3.03. The summed E-state index contributed by atoms with van der Waals surface area (Å²) in [5.74, 6) is -0.339. The van der Waals surface area contributed by atoms with E-state index < -0.39 is 5.60 Å². The zero-order chi connectivity index (χ0) is 11.8. The summed E-state index contributed by atoms with van der Waals surface area (Å²) in [6, 6.07) is 5.04. The maximum absolute atomic E-state index is 13.6. The largest absolute Gasteiger partial charge is 0.396 e. The molecule has 0 bridgehead atoms. The zero-order valence-electron chi connectivity index (χ0n) is 9.41. The van der Waals surface area contributed by atoms with Gasteiger partial charge in [0.15, 0.2) is 5.82 Å². The van der Waals surface area contributed by atoms with Gasteiger partial charge in [0.2, 0.25) is 0 Å². The third-order valence-corrected chi connectivity index (χ3v) is 3.03. The van der Waals surface area contributed by atoms with Crippen LogP contribution in [0, 0.1) is 5.82 Å². The number of halogens is 1. The number of aliphatic hydroxyl groups is 1. The Morgan fingerprint density at radius 3 is 2.94 bits per heavy atom. The molecule has 88 valence electrons. The summed E-state index contributed by atoms with van der Waals surface area (Å²) in [5.41, 5.74) is 5.64. The molecule has 4 heteroatoms. The molecule has 0 spiro atoms. The Balaban J connectivity index is 2.08. The summed E-state index contributed by atoms with van der Waals surface area (Å²) in [4.78, 5) is 2.04. The van der Waals surface area contributed by atoms with E-state index in [0.717, 1.165) is 13.0 Å². The molecule has 3 N–H and O–H groups in total. The lowest BCUT2D eigenvalue weighted by molar-refractivity contribution is 0.0677. The predicted molar refractivity (Wildman–Crippen MR) is 61.3 cm³/mol. The molecule has 0 radical (unpaired) electrons. The van der Waals surface area contributed by atoms with Crippen molar-refractivity contribution in [3.8, 4) is 0 Å². The Morgan fingerprint density at radius 2 is 2.31 bits per heavy atom. The van der Waals surface area contributed by atoms with Crippen molar-refractivity contribution in [1.82, 2.24) is 4.90 Å². The number of likely N-dealkylation sites (tertiary alicyclic amines) is 1. The van der Waals surface area contributed by atoms with Crippen molar-refractivity contribution < 1.29 is 9.50 Å². The molecule has 1 heterocycles. The molecule has 1 fully saturated rings. The SMILES string of the molecule is CC1(O)CCN(Cc2cccc(N)c2F)C1. The summed E-state index contributed by atoms with van der Waals surface area (Å²) in [6.07, 6.45) is 0.733. The van der Waals surface area contributed by atoms with E-state index in [0.29, 0.717) is 18.7 Å². The Morgan fingerprint density at radius 1 is 1.56 bits per heavy atom. The van der Waals surface area contributed by atoms with Gasteiger partial charge in [0, 0.05) is 25.2 Å². The zero-order valence-corrected chi connectivity index (χ0v) is 9.41. The van der Waals surface area contributed by atoms with Gasteiger partial charge in [-0.05, 0) is 19.4 Å². The summed E-state index contributed by atoms with van der Waals surface area (Å²) in [7, 11) is 0. The highest BCUT2D eigenvalue weighted by Crippen LogP contribution is 2.23. The molecule has 1 saturated heterocycles. The van der Waals surface area contributed by atoms with Crippen molar-refractivity contribution in [2.75, 3.05) is 18.8 Å². The second kappa shape index (κ2) is 4.03. The van der Waals surface area contributed by atoms with E-state index >= 15 is 0 Å². The van der Waals surface area contributed by atoms with Crippen LogP contribution < -0.4 is 5.73 Å². The number of anilines is 1. The number of β-amino-alcohol motifs (C(OH)–C–C–N with tert-alkyl or cyclic N) is 1. The Labute approximate surface area is 94.7 Å². The van der Waals surface area contributed by atoms with Crippen LogP contribution in [0.4, 0.5) is 10.1 Å². The number of hydrogen-bond donors (Lipinski definition) is 2. The van der Waals surface area contributed by atoms with Crippen molar-refractivity contribution in [3.63, 3.8) is 0 Å². The maximum atomic E-state index is 13.6. The number of nitrogens with two attached hydrogens (primary N) is 1. The number of hydrogen-bond acceptors (Lipinski definition) is 3. The topological polar surface area (TPSA) is 49.5 Å². The summed E-state index contributed by atoms with van der Waals surface area (Å²) < 4.78 is 13.6. The number of nitrogens with zero attached hydrogens (tertiary/aromatic N) is 1. The normalized spacial score (nSPS) is 26.2. The molecule has 0 amide bonds. The minimum Gasteiger partial charge on any atom is -0.396 e. The standard InChI is InChI=1S/C12H17FN2O/c1-12(16)5-6-15(8-12)7-9-3-2-4-10(14)11(9)13/h2-4,16H,5-8,14H2,1H3. The van der Waals surface area contributed by atoms with E-state index in [4.69, 9.17) is 5.73 Å². The fourth-order valence-corrected chi connectivity index (χ4v) is 2.14. The van der Waals surface area contributed by atoms with E-state index in [1.54, 1.807) is 18.2 Å². The van der Waals surface area contributed by atoms with Crippen LogP contribution in [0.25, 0.3) is 0 Å². The van der Waals surface area contributed by atoms with Crippen molar-refractivity contribution in [2.24, 2.45) is 0 Å². The average Bonchev–Trinajstić information content (AvgIpc) is 2.53. The molecule has 2 rings (SSSR count). The second-order valence-corrected chi connectivity index (χ2v) is 4.78. The average molecular weight is 224 g/mol. The second-order valence-electron chi connectivity index (χ2n) is 4.78. The summed E-state index contributed by atoms with van der Waals surface area (Å²) in [5, 5.41) is 9.81. The van der Waals surface area contributed by atoms with Gasteiger partial charge in [0.05, 0.1) is 11.3 Å². The molecule has 0 saturated carbocycles. The molecule has 0 aromatic heterocycles. The van der Waals surface area contributed by atoms with Crippen LogP contribution in [0.5, 0.6) is 0 Å². The molecule has 0 aliphatic carbocycles. The van der Waals surface area contributed by atoms with Crippen molar-refractivity contribution in [2.45, 2.75) is 25.5 Å². The summed E-state index contributed by atoms with van der Waals surface area (Å²) >= 11 is 0. The van der Waals surface area contributed by atoms with Gasteiger partial charge in [-0.1, -0.05) is 12.1 Å². The summed E-state index contributed by atoms with van der Waals surface area (Å²) in [6.45, 7) is 3.69. The first-order valence-corrected chi connectivity index (χ1v) is 5.45. The van der Waals surface area contributed by atoms with E-state index in [-0.39, 0.29) is 11.5 Å². The highest BCUT2D eigenvalue weighted by atomic mass is 19.1. The van der Waals surface area contributed by atoms with Crippen LogP contribution in [0.3, 0.4) is 0 Å². The molecule has 1 atom stereocenters. The minimum absolute atomic E-state index is 0.184. The van der Waals surface area contributed by atoms with Crippen molar-refractivity contribution in [3.05, 3.63) is 29.6 Å². The van der Waals surface area contributed by atoms with Gasteiger partial charge in [-0.3, -0.25) is 4.90 Å². The molecule has 16 heavy (non-hydrogen) atoms. The first-order chi connectivity index (χ1) is 7.48. The molecule has 1 aromatic carbocycles. The fraction of sp³-hybridized carbons (Fsp3) is 0.500. The van der Waals surface area contributed by atoms with Crippen molar-refractivity contribution in [1.29, 1.82) is 0 Å². The van der Waals surface area contributed by atoms with Gasteiger partial charge in [0.1, 0.15) is 0 Å². The fourth-order valence-electron chi connectivity index (χ4n) is 2.14. The van der Waals surface area contributed by atoms with E-state index in [9.17, 15) is 9.50 Å². The number of benzene rings is 1. The molecule has 1 aliphatic rings. The van der Waals surface area contributed by atoms with E-state index in [2.05, 4.69) is 0 Å². The first kappa shape index (κ1) is 11.4.